The third-order valence-corrected chi connectivity index (χ3v) is 3.37. The SMILES string of the molecule is CC[CH](C)[Mg][CH3]. The van der Waals surface area contributed by atoms with Crippen molar-refractivity contribution in [2.24, 2.45) is 0 Å². The van der Waals surface area contributed by atoms with Crippen LogP contribution in [0.2, 0.25) is 9.10 Å². The largest absolute Gasteiger partial charge is 0.364 e. The van der Waals surface area contributed by atoms with Crippen LogP contribution in [0.5, 0.6) is 0 Å². The van der Waals surface area contributed by atoms with Gasteiger partial charge in [-0.3, -0.25) is 0 Å². The molecule has 1 atom stereocenters. The minimum Gasteiger partial charge on any atom is -0.157 e. The first-order chi connectivity index (χ1) is 2.81. The van der Waals surface area contributed by atoms with Gasteiger partial charge in [0.15, 0.2) is 0 Å². The second-order valence-electron chi connectivity index (χ2n) is 1.92. The van der Waals surface area contributed by atoms with Gasteiger partial charge in [-0.15, -0.1) is 4.05 Å². The second-order valence-corrected chi connectivity index (χ2v) is 4.13. The third kappa shape index (κ3) is 2.98. The van der Waals surface area contributed by atoms with Crippen molar-refractivity contribution in [2.45, 2.75) is 29.4 Å². The summed E-state index contributed by atoms with van der Waals surface area (Å²) in [4.78, 5) is 0. The van der Waals surface area contributed by atoms with E-state index in [9.17, 15) is 0 Å². The van der Waals surface area contributed by atoms with Crippen LogP contribution in [0.25, 0.3) is 0 Å². The molecule has 0 rings (SSSR count). The van der Waals surface area contributed by atoms with Gasteiger partial charge in [0, 0.05) is 0 Å². The molecular formula is C5H12Mg. The fraction of sp³-hybridized carbons (Fsp3) is 1.00. The molecule has 0 heterocycles. The van der Waals surface area contributed by atoms with Crippen LogP contribution in [0.1, 0.15) is 20.3 Å². The summed E-state index contributed by atoms with van der Waals surface area (Å²) < 4.78 is 1.07. The quantitative estimate of drug-likeness (QED) is 0.461. The molecule has 34 valence electrons. The van der Waals surface area contributed by atoms with Gasteiger partial charge in [-0.05, 0) is 0 Å². The lowest BCUT2D eigenvalue weighted by molar-refractivity contribution is 0.871. The van der Waals surface area contributed by atoms with E-state index in [4.69, 9.17) is 0 Å². The van der Waals surface area contributed by atoms with Crippen molar-refractivity contribution < 1.29 is 0 Å². The standard InChI is InChI=1S/C4H9.CH3.Mg/c1-3-4-2;;/h3H,4H2,1-2H3;1H3;. The van der Waals surface area contributed by atoms with E-state index in [1.54, 1.807) is 0 Å². The molecular weight excluding hydrogens is 84.4 g/mol. The van der Waals surface area contributed by atoms with Crippen LogP contribution in [0.15, 0.2) is 0 Å². The molecule has 0 nitrogen and oxygen atoms in total. The van der Waals surface area contributed by atoms with Gasteiger partial charge in [0.25, 0.3) is 0 Å². The highest BCUT2D eigenvalue weighted by atomic mass is 24.5. The summed E-state index contributed by atoms with van der Waals surface area (Å²) in [7, 11) is 0. The van der Waals surface area contributed by atoms with Crippen LogP contribution in [-0.4, -0.2) is 20.4 Å². The molecule has 0 aromatic heterocycles. The van der Waals surface area contributed by atoms with Crippen LogP contribution < -0.4 is 0 Å². The smallest absolute Gasteiger partial charge is 0.157 e. The monoisotopic (exact) mass is 96.1 g/mol. The molecule has 1 heteroatoms. The van der Waals surface area contributed by atoms with Crippen molar-refractivity contribution in [1.29, 1.82) is 0 Å². The van der Waals surface area contributed by atoms with Gasteiger partial charge >= 0.3 is 20.4 Å². The molecule has 0 saturated heterocycles. The Morgan fingerprint density at radius 2 is 2.17 bits per heavy atom. The predicted octanol–water partition coefficient (Wildman–Crippen LogP) is 1.96. The Labute approximate surface area is 50.0 Å². The number of hydrogen-bond donors (Lipinski definition) is 0. The van der Waals surface area contributed by atoms with Gasteiger partial charge in [-0.2, -0.15) is 5.05 Å². The Morgan fingerprint density at radius 1 is 1.67 bits per heavy atom. The van der Waals surface area contributed by atoms with E-state index in [-0.39, 0.29) is 0 Å². The minimum atomic E-state index is 0.338. The van der Waals surface area contributed by atoms with Crippen molar-refractivity contribution in [3.63, 3.8) is 0 Å². The van der Waals surface area contributed by atoms with E-state index in [1.807, 2.05) is 0 Å². The van der Waals surface area contributed by atoms with Crippen molar-refractivity contribution in [3.05, 3.63) is 0 Å². The summed E-state index contributed by atoms with van der Waals surface area (Å²) in [5, 5.41) is 2.37. The summed E-state index contributed by atoms with van der Waals surface area (Å²) in [5.41, 5.74) is 0. The van der Waals surface area contributed by atoms with Gasteiger partial charge in [0.05, 0.1) is 0 Å². The highest BCUT2D eigenvalue weighted by Gasteiger charge is 1.94. The van der Waals surface area contributed by atoms with E-state index < -0.39 is 0 Å². The molecule has 0 aliphatic heterocycles. The fourth-order valence-corrected chi connectivity index (χ4v) is 0.866. The molecule has 0 aromatic carbocycles. The van der Waals surface area contributed by atoms with Gasteiger partial charge in [-0.1, -0.05) is 20.3 Å². The zero-order valence-electron chi connectivity index (χ0n) is 4.99. The Bertz CT molecular complexity index is 23.1. The van der Waals surface area contributed by atoms with Gasteiger partial charge < -0.3 is 0 Å². The highest BCUT2D eigenvalue weighted by molar-refractivity contribution is 6.35. The predicted molar refractivity (Wildman–Crippen MR) is 31.3 cm³/mol. The average molecular weight is 96.5 g/mol. The molecule has 0 aliphatic rings. The molecule has 0 fully saturated rings. The lowest BCUT2D eigenvalue weighted by atomic mass is 10.4. The van der Waals surface area contributed by atoms with Gasteiger partial charge in [0.1, 0.15) is 0 Å². The van der Waals surface area contributed by atoms with Crippen LogP contribution in [0.3, 0.4) is 0 Å². The molecule has 0 amide bonds. The van der Waals surface area contributed by atoms with E-state index in [0.29, 0.717) is 20.4 Å². The molecule has 0 bridgehead atoms. The van der Waals surface area contributed by atoms with Crippen molar-refractivity contribution in [3.8, 4) is 0 Å². The molecule has 0 saturated carbocycles. The first-order valence-corrected chi connectivity index (χ1v) is 5.04. The summed E-state index contributed by atoms with van der Waals surface area (Å²) in [6.45, 7) is 4.60. The Morgan fingerprint density at radius 3 is 2.17 bits per heavy atom. The zero-order chi connectivity index (χ0) is 4.99. The molecule has 0 spiro atoms. The summed E-state index contributed by atoms with van der Waals surface area (Å²) in [6.07, 6.45) is 1.39. The van der Waals surface area contributed by atoms with Crippen molar-refractivity contribution >= 4 is 20.4 Å². The molecule has 0 aromatic rings. The first-order valence-electron chi connectivity index (χ1n) is 2.81. The van der Waals surface area contributed by atoms with Gasteiger partial charge in [-0.25, -0.2) is 0 Å². The second kappa shape index (κ2) is 3.94. The highest BCUT2D eigenvalue weighted by Crippen LogP contribution is 2.03. The first kappa shape index (κ1) is 6.77. The molecule has 0 radical (unpaired) electrons. The van der Waals surface area contributed by atoms with E-state index in [1.165, 1.54) is 6.42 Å². The summed E-state index contributed by atoms with van der Waals surface area (Å²) >= 11 is 0.338. The fourth-order valence-electron chi connectivity index (χ4n) is 0.289. The maximum atomic E-state index is 2.37. The van der Waals surface area contributed by atoms with Crippen LogP contribution >= 0.6 is 0 Å². The lowest BCUT2D eigenvalue weighted by Gasteiger charge is -1.97. The number of hydrogen-bond acceptors (Lipinski definition) is 0. The Kier molecular flexibility index (Phi) is 4.44. The van der Waals surface area contributed by atoms with Crippen molar-refractivity contribution in [2.75, 3.05) is 0 Å². The maximum Gasteiger partial charge on any atom is 0.364 e. The van der Waals surface area contributed by atoms with Gasteiger partial charge in [0.2, 0.25) is 0 Å². The van der Waals surface area contributed by atoms with Crippen LogP contribution in [0.4, 0.5) is 0 Å². The molecule has 0 aliphatic carbocycles. The molecule has 0 N–H and O–H groups in total. The van der Waals surface area contributed by atoms with Crippen LogP contribution in [-0.2, 0) is 0 Å². The van der Waals surface area contributed by atoms with E-state index in [2.05, 4.69) is 18.9 Å². The van der Waals surface area contributed by atoms with Crippen LogP contribution in [0, 0.1) is 0 Å². The van der Waals surface area contributed by atoms with Crippen molar-refractivity contribution in [1.82, 2.24) is 0 Å². The summed E-state index contributed by atoms with van der Waals surface area (Å²) in [5.74, 6) is 0. The normalized spacial score (nSPS) is 13.2. The minimum absolute atomic E-state index is 0.338. The van der Waals surface area contributed by atoms with E-state index in [0.717, 1.165) is 4.05 Å². The topological polar surface area (TPSA) is 0 Å². The maximum absolute atomic E-state index is 2.37. The lowest BCUT2D eigenvalue weighted by Crippen LogP contribution is -1.89. The zero-order valence-corrected chi connectivity index (χ0v) is 6.41. The summed E-state index contributed by atoms with van der Waals surface area (Å²) in [6, 6.07) is 0. The number of rotatable bonds is 2. The average Bonchev–Trinajstić information content (AvgIpc) is 1.65. The van der Waals surface area contributed by atoms with E-state index >= 15 is 0 Å². The molecule has 6 heavy (non-hydrogen) atoms. The Hall–Kier alpha value is 0.766. The third-order valence-electron chi connectivity index (χ3n) is 1.39. The molecule has 1 unspecified atom stereocenters. The Balaban J connectivity index is 2.75.